The summed E-state index contributed by atoms with van der Waals surface area (Å²) in [6.07, 6.45) is 2.37. The minimum absolute atomic E-state index is 0.546. The maximum atomic E-state index is 3.78. The van der Waals surface area contributed by atoms with Crippen LogP contribution in [0.1, 0.15) is 42.9 Å². The Balaban J connectivity index is 1.86. The summed E-state index contributed by atoms with van der Waals surface area (Å²) in [5.74, 6) is 1.34. The van der Waals surface area contributed by atoms with Crippen LogP contribution in [-0.2, 0) is 13.0 Å². The van der Waals surface area contributed by atoms with E-state index in [1.807, 2.05) is 0 Å². The molecule has 1 heteroatoms. The first-order valence-corrected chi connectivity index (χ1v) is 8.09. The summed E-state index contributed by atoms with van der Waals surface area (Å²) in [5.41, 5.74) is 4.47. The molecule has 1 N–H and O–H groups in total. The van der Waals surface area contributed by atoms with E-state index < -0.39 is 0 Å². The third kappa shape index (κ3) is 3.36. The lowest BCUT2D eigenvalue weighted by Gasteiger charge is -2.36. The van der Waals surface area contributed by atoms with Crippen LogP contribution in [0.3, 0.4) is 0 Å². The van der Waals surface area contributed by atoms with Gasteiger partial charge in [0.2, 0.25) is 0 Å². The van der Waals surface area contributed by atoms with Gasteiger partial charge >= 0.3 is 0 Å². The van der Waals surface area contributed by atoms with Crippen LogP contribution in [0.25, 0.3) is 0 Å². The second kappa shape index (κ2) is 6.44. The first kappa shape index (κ1) is 14.3. The molecule has 1 nitrogen and oxygen atoms in total. The third-order valence-electron chi connectivity index (χ3n) is 4.52. The van der Waals surface area contributed by atoms with Gasteiger partial charge in [0.1, 0.15) is 0 Å². The monoisotopic (exact) mass is 279 g/mol. The number of hydrogen-bond acceptors (Lipinski definition) is 1. The molecular formula is C20H25N. The maximum absolute atomic E-state index is 3.78. The van der Waals surface area contributed by atoms with E-state index in [-0.39, 0.29) is 0 Å². The Kier molecular flexibility index (Phi) is 4.40. The highest BCUT2D eigenvalue weighted by atomic mass is 14.9. The van der Waals surface area contributed by atoms with Crippen molar-refractivity contribution in [1.29, 1.82) is 0 Å². The molecule has 3 rings (SSSR count). The molecule has 0 fully saturated rings. The average Bonchev–Trinajstić information content (AvgIpc) is 2.50. The molecule has 0 saturated heterocycles. The predicted molar refractivity (Wildman–Crippen MR) is 89.4 cm³/mol. The zero-order valence-electron chi connectivity index (χ0n) is 13.0. The molecule has 2 aromatic rings. The standard InChI is InChI=1S/C20H25N/c1-15(2)12-19-18-11-7-6-10-17(18)14-21-20(19)13-16-8-4-3-5-9-16/h3-11,15,19-21H,12-14H2,1-2H3. The molecular weight excluding hydrogens is 254 g/mol. The van der Waals surface area contributed by atoms with Gasteiger partial charge < -0.3 is 5.32 Å². The number of fused-ring (bicyclic) bond motifs is 1. The van der Waals surface area contributed by atoms with Crippen LogP contribution in [0, 0.1) is 5.92 Å². The lowest BCUT2D eigenvalue weighted by atomic mass is 9.78. The summed E-state index contributed by atoms with van der Waals surface area (Å²) in [5, 5.41) is 3.78. The number of benzene rings is 2. The topological polar surface area (TPSA) is 12.0 Å². The molecule has 0 radical (unpaired) electrons. The van der Waals surface area contributed by atoms with Crippen molar-refractivity contribution >= 4 is 0 Å². The van der Waals surface area contributed by atoms with E-state index in [1.165, 1.54) is 17.5 Å². The first-order chi connectivity index (χ1) is 10.2. The molecule has 1 aliphatic rings. The van der Waals surface area contributed by atoms with Crippen molar-refractivity contribution in [2.75, 3.05) is 0 Å². The molecule has 0 amide bonds. The molecule has 0 spiro atoms. The zero-order chi connectivity index (χ0) is 14.7. The van der Waals surface area contributed by atoms with Gasteiger partial charge in [0.15, 0.2) is 0 Å². The number of hydrogen-bond donors (Lipinski definition) is 1. The van der Waals surface area contributed by atoms with E-state index in [4.69, 9.17) is 0 Å². The van der Waals surface area contributed by atoms with Crippen LogP contribution in [0.2, 0.25) is 0 Å². The van der Waals surface area contributed by atoms with Gasteiger partial charge in [-0.15, -0.1) is 0 Å². The quantitative estimate of drug-likeness (QED) is 0.867. The molecule has 1 heterocycles. The van der Waals surface area contributed by atoms with E-state index >= 15 is 0 Å². The fourth-order valence-electron chi connectivity index (χ4n) is 3.54. The Morgan fingerprint density at radius 2 is 1.71 bits per heavy atom. The van der Waals surface area contributed by atoms with Crippen molar-refractivity contribution in [2.24, 2.45) is 5.92 Å². The molecule has 0 aliphatic carbocycles. The summed E-state index contributed by atoms with van der Waals surface area (Å²) in [4.78, 5) is 0. The van der Waals surface area contributed by atoms with Gasteiger partial charge in [-0.2, -0.15) is 0 Å². The Morgan fingerprint density at radius 3 is 2.48 bits per heavy atom. The van der Waals surface area contributed by atoms with E-state index in [0.29, 0.717) is 12.0 Å². The molecule has 21 heavy (non-hydrogen) atoms. The second-order valence-electron chi connectivity index (χ2n) is 6.61. The largest absolute Gasteiger partial charge is 0.309 e. The smallest absolute Gasteiger partial charge is 0.0211 e. The van der Waals surface area contributed by atoms with Crippen molar-refractivity contribution in [3.05, 3.63) is 71.3 Å². The van der Waals surface area contributed by atoms with E-state index in [9.17, 15) is 0 Å². The van der Waals surface area contributed by atoms with E-state index in [0.717, 1.165) is 18.9 Å². The molecule has 1 aliphatic heterocycles. The highest BCUT2D eigenvalue weighted by Gasteiger charge is 2.29. The Hall–Kier alpha value is -1.60. The van der Waals surface area contributed by atoms with Crippen LogP contribution in [0.5, 0.6) is 0 Å². The fraction of sp³-hybridized carbons (Fsp3) is 0.400. The van der Waals surface area contributed by atoms with Crippen LogP contribution < -0.4 is 5.32 Å². The van der Waals surface area contributed by atoms with Gasteiger partial charge in [0, 0.05) is 18.5 Å². The highest BCUT2D eigenvalue weighted by molar-refractivity contribution is 5.34. The van der Waals surface area contributed by atoms with Gasteiger partial charge in [0.05, 0.1) is 0 Å². The fourth-order valence-corrected chi connectivity index (χ4v) is 3.54. The van der Waals surface area contributed by atoms with Gasteiger partial charge in [-0.3, -0.25) is 0 Å². The SMILES string of the molecule is CC(C)CC1c2ccccc2CNC1Cc1ccccc1. The average molecular weight is 279 g/mol. The maximum Gasteiger partial charge on any atom is 0.0211 e. The normalized spacial score (nSPS) is 21.3. The van der Waals surface area contributed by atoms with Gasteiger partial charge in [-0.1, -0.05) is 68.4 Å². The lowest BCUT2D eigenvalue weighted by molar-refractivity contribution is 0.350. The van der Waals surface area contributed by atoms with Crippen LogP contribution in [0.4, 0.5) is 0 Å². The summed E-state index contributed by atoms with van der Waals surface area (Å²) in [6, 6.07) is 20.4. The highest BCUT2D eigenvalue weighted by Crippen LogP contribution is 2.34. The number of rotatable bonds is 4. The summed E-state index contributed by atoms with van der Waals surface area (Å²) >= 11 is 0. The van der Waals surface area contributed by atoms with Crippen molar-refractivity contribution in [1.82, 2.24) is 5.32 Å². The second-order valence-corrected chi connectivity index (χ2v) is 6.61. The summed E-state index contributed by atoms with van der Waals surface area (Å²) < 4.78 is 0. The minimum atomic E-state index is 0.546. The minimum Gasteiger partial charge on any atom is -0.309 e. The van der Waals surface area contributed by atoms with Crippen molar-refractivity contribution < 1.29 is 0 Å². The Bertz CT molecular complexity index is 573. The molecule has 0 saturated carbocycles. The van der Waals surface area contributed by atoms with Crippen molar-refractivity contribution in [3.63, 3.8) is 0 Å². The van der Waals surface area contributed by atoms with Gasteiger partial charge in [0.25, 0.3) is 0 Å². The van der Waals surface area contributed by atoms with Crippen LogP contribution in [-0.4, -0.2) is 6.04 Å². The summed E-state index contributed by atoms with van der Waals surface area (Å²) in [7, 11) is 0. The first-order valence-electron chi connectivity index (χ1n) is 8.09. The Morgan fingerprint density at radius 1 is 1.00 bits per heavy atom. The van der Waals surface area contributed by atoms with Crippen LogP contribution >= 0.6 is 0 Å². The Labute approximate surface area is 128 Å². The lowest BCUT2D eigenvalue weighted by Crippen LogP contribution is -2.41. The molecule has 0 bridgehead atoms. The van der Waals surface area contributed by atoms with Crippen molar-refractivity contribution in [2.45, 2.75) is 45.2 Å². The van der Waals surface area contributed by atoms with Crippen LogP contribution in [0.15, 0.2) is 54.6 Å². The molecule has 2 aromatic carbocycles. The third-order valence-corrected chi connectivity index (χ3v) is 4.52. The number of nitrogens with one attached hydrogen (secondary N) is 1. The molecule has 0 aromatic heterocycles. The molecule has 110 valence electrons. The van der Waals surface area contributed by atoms with Gasteiger partial charge in [-0.05, 0) is 35.4 Å². The summed E-state index contributed by atoms with van der Waals surface area (Å²) in [6.45, 7) is 5.66. The van der Waals surface area contributed by atoms with Crippen molar-refractivity contribution in [3.8, 4) is 0 Å². The van der Waals surface area contributed by atoms with E-state index in [2.05, 4.69) is 73.8 Å². The van der Waals surface area contributed by atoms with E-state index in [1.54, 1.807) is 5.56 Å². The predicted octanol–water partition coefficient (Wildman–Crippen LogP) is 4.53. The zero-order valence-corrected chi connectivity index (χ0v) is 13.0. The molecule has 2 atom stereocenters. The molecule has 2 unspecified atom stereocenters. The van der Waals surface area contributed by atoms with Gasteiger partial charge in [-0.25, -0.2) is 0 Å².